The average Bonchev–Trinajstić information content (AvgIpc) is 2.93. The highest BCUT2D eigenvalue weighted by Gasteiger charge is 2.14. The lowest BCUT2D eigenvalue weighted by Gasteiger charge is -2.27. The lowest BCUT2D eigenvalue weighted by molar-refractivity contribution is 0.102. The van der Waals surface area contributed by atoms with Gasteiger partial charge in [0.25, 0.3) is 5.91 Å². The number of carbonyl (C=O) groups is 1. The minimum Gasteiger partial charge on any atom is -0.324 e. The first-order valence-electron chi connectivity index (χ1n) is 12.0. The third-order valence-corrected chi connectivity index (χ3v) is 6.91. The molecule has 1 amide bonds. The molecule has 10 heteroatoms. The van der Waals surface area contributed by atoms with Gasteiger partial charge < -0.3 is 16.0 Å². The molecule has 1 fully saturated rings. The van der Waals surface area contributed by atoms with Crippen molar-refractivity contribution in [1.29, 1.82) is 0 Å². The number of rotatable bonds is 7. The largest absolute Gasteiger partial charge is 0.324 e. The van der Waals surface area contributed by atoms with Crippen LogP contribution in [0.4, 0.5) is 17.3 Å². The molecular formula is C27H27BrN8O. The number of hydrogen-bond acceptors (Lipinski definition) is 8. The Morgan fingerprint density at radius 2 is 1.89 bits per heavy atom. The van der Waals surface area contributed by atoms with Crippen molar-refractivity contribution in [2.45, 2.75) is 13.5 Å². The molecule has 4 aromatic rings. The van der Waals surface area contributed by atoms with Gasteiger partial charge in [-0.3, -0.25) is 9.69 Å². The second kappa shape index (κ2) is 11.5. The average molecular weight is 559 g/mol. The molecule has 0 unspecified atom stereocenters. The van der Waals surface area contributed by atoms with E-state index in [1.807, 2.05) is 43.3 Å². The van der Waals surface area contributed by atoms with E-state index in [1.165, 1.54) is 11.9 Å². The number of aromatic nitrogens is 4. The Kier molecular flexibility index (Phi) is 7.79. The maximum Gasteiger partial charge on any atom is 0.255 e. The Balaban J connectivity index is 1.28. The van der Waals surface area contributed by atoms with Gasteiger partial charge in [-0.05, 0) is 48.4 Å². The molecule has 0 atom stereocenters. The van der Waals surface area contributed by atoms with Crippen LogP contribution in [0, 0.1) is 6.92 Å². The molecule has 9 nitrogen and oxygen atoms in total. The smallest absolute Gasteiger partial charge is 0.255 e. The highest BCUT2D eigenvalue weighted by atomic mass is 79.9. The van der Waals surface area contributed by atoms with Crippen molar-refractivity contribution in [3.05, 3.63) is 88.5 Å². The minimum absolute atomic E-state index is 0.174. The fourth-order valence-electron chi connectivity index (χ4n) is 4.10. The molecule has 2 aromatic heterocycles. The van der Waals surface area contributed by atoms with E-state index >= 15 is 0 Å². The summed E-state index contributed by atoms with van der Waals surface area (Å²) in [6.07, 6.45) is 6.57. The van der Waals surface area contributed by atoms with E-state index < -0.39 is 0 Å². The van der Waals surface area contributed by atoms with Gasteiger partial charge in [-0.1, -0.05) is 28.1 Å². The van der Waals surface area contributed by atoms with E-state index in [9.17, 15) is 4.79 Å². The van der Waals surface area contributed by atoms with Gasteiger partial charge >= 0.3 is 0 Å². The summed E-state index contributed by atoms with van der Waals surface area (Å²) < 4.78 is 0.936. The molecule has 2 aromatic carbocycles. The summed E-state index contributed by atoms with van der Waals surface area (Å²) in [7, 11) is 0. The molecule has 1 saturated heterocycles. The third-order valence-electron chi connectivity index (χ3n) is 6.17. The van der Waals surface area contributed by atoms with Gasteiger partial charge in [0.15, 0.2) is 0 Å². The van der Waals surface area contributed by atoms with Crippen LogP contribution in [0.2, 0.25) is 0 Å². The van der Waals surface area contributed by atoms with Gasteiger partial charge in [-0.15, -0.1) is 0 Å². The summed E-state index contributed by atoms with van der Waals surface area (Å²) in [6.45, 7) is 6.90. The van der Waals surface area contributed by atoms with Crippen LogP contribution in [0.1, 0.15) is 21.5 Å². The number of aryl methyl sites for hydroxylation is 1. The van der Waals surface area contributed by atoms with Crippen LogP contribution >= 0.6 is 15.9 Å². The van der Waals surface area contributed by atoms with Crippen molar-refractivity contribution < 1.29 is 4.79 Å². The van der Waals surface area contributed by atoms with Crippen LogP contribution in [0.5, 0.6) is 0 Å². The molecule has 188 valence electrons. The Morgan fingerprint density at radius 3 is 2.68 bits per heavy atom. The van der Waals surface area contributed by atoms with Crippen molar-refractivity contribution in [2.75, 3.05) is 36.8 Å². The molecule has 0 spiro atoms. The molecule has 0 saturated carbocycles. The maximum absolute atomic E-state index is 13.0. The minimum atomic E-state index is -0.174. The fraction of sp³-hybridized carbons (Fsp3) is 0.222. The lowest BCUT2D eigenvalue weighted by Crippen LogP contribution is -2.42. The monoisotopic (exact) mass is 558 g/mol. The molecule has 0 bridgehead atoms. The molecule has 5 rings (SSSR count). The molecule has 1 aliphatic heterocycles. The Morgan fingerprint density at radius 1 is 1.08 bits per heavy atom. The SMILES string of the molecule is Cc1ccc(NC(=O)c2ccc(CN3CCNCC3)c(Br)c2)cc1Nc1nccc(-c2cncnc2)n1. The number of nitrogens with one attached hydrogen (secondary N) is 3. The summed E-state index contributed by atoms with van der Waals surface area (Å²) in [5.74, 6) is 0.267. The molecule has 0 radical (unpaired) electrons. The first-order chi connectivity index (χ1) is 18.0. The van der Waals surface area contributed by atoms with Crippen molar-refractivity contribution in [1.82, 2.24) is 30.2 Å². The summed E-state index contributed by atoms with van der Waals surface area (Å²) in [6, 6.07) is 13.3. The van der Waals surface area contributed by atoms with Crippen molar-refractivity contribution in [3.8, 4) is 11.3 Å². The molecule has 3 N–H and O–H groups in total. The number of anilines is 3. The standard InChI is InChI=1S/C27H27BrN8O/c1-18-2-5-22(13-25(18)35-27-32-7-6-24(34-27)21-14-30-17-31-15-21)33-26(37)19-3-4-20(23(28)12-19)16-36-10-8-29-9-11-36/h2-7,12-15,17,29H,8-11,16H2,1H3,(H,33,37)(H,32,34,35). The van der Waals surface area contributed by atoms with Gasteiger partial charge in [0.05, 0.1) is 5.69 Å². The number of piperazine rings is 1. The topological polar surface area (TPSA) is 108 Å². The highest BCUT2D eigenvalue weighted by molar-refractivity contribution is 9.10. The Hall–Kier alpha value is -3.73. The number of halogens is 1. The predicted molar refractivity (Wildman–Crippen MR) is 148 cm³/mol. The van der Waals surface area contributed by atoms with Gasteiger partial charge in [0.2, 0.25) is 5.95 Å². The summed E-state index contributed by atoms with van der Waals surface area (Å²) in [4.78, 5) is 32.4. The van der Waals surface area contributed by atoms with Gasteiger partial charge in [0, 0.05) is 78.3 Å². The van der Waals surface area contributed by atoms with Crippen molar-refractivity contribution in [2.24, 2.45) is 0 Å². The van der Waals surface area contributed by atoms with Gasteiger partial charge in [-0.2, -0.15) is 0 Å². The first kappa shape index (κ1) is 24.9. The molecule has 37 heavy (non-hydrogen) atoms. The first-order valence-corrected chi connectivity index (χ1v) is 12.8. The number of benzene rings is 2. The zero-order chi connectivity index (χ0) is 25.6. The molecule has 3 heterocycles. The van der Waals surface area contributed by atoms with E-state index in [0.29, 0.717) is 22.9 Å². The number of nitrogens with zero attached hydrogens (tertiary/aromatic N) is 5. The van der Waals surface area contributed by atoms with Crippen LogP contribution in [-0.4, -0.2) is 56.9 Å². The lowest BCUT2D eigenvalue weighted by atomic mass is 10.1. The van der Waals surface area contributed by atoms with E-state index in [-0.39, 0.29) is 5.91 Å². The third kappa shape index (κ3) is 6.34. The van der Waals surface area contributed by atoms with Crippen LogP contribution in [0.25, 0.3) is 11.3 Å². The summed E-state index contributed by atoms with van der Waals surface area (Å²) >= 11 is 3.65. The van der Waals surface area contributed by atoms with Crippen LogP contribution < -0.4 is 16.0 Å². The van der Waals surface area contributed by atoms with Crippen molar-refractivity contribution in [3.63, 3.8) is 0 Å². The quantitative estimate of drug-likeness (QED) is 0.306. The van der Waals surface area contributed by atoms with Crippen LogP contribution in [0.15, 0.2) is 71.9 Å². The van der Waals surface area contributed by atoms with Crippen LogP contribution in [-0.2, 0) is 6.54 Å². The number of carbonyl (C=O) groups excluding carboxylic acids is 1. The maximum atomic E-state index is 13.0. The van der Waals surface area contributed by atoms with E-state index in [4.69, 9.17) is 0 Å². The van der Waals surface area contributed by atoms with Crippen molar-refractivity contribution >= 4 is 39.2 Å². The molecular weight excluding hydrogens is 532 g/mol. The number of amides is 1. The zero-order valence-electron chi connectivity index (χ0n) is 20.4. The predicted octanol–water partition coefficient (Wildman–Crippen LogP) is 4.41. The second-order valence-corrected chi connectivity index (χ2v) is 9.69. The Bertz CT molecular complexity index is 1390. The second-order valence-electron chi connectivity index (χ2n) is 8.83. The van der Waals surface area contributed by atoms with Crippen LogP contribution in [0.3, 0.4) is 0 Å². The molecule has 0 aliphatic carbocycles. The van der Waals surface area contributed by atoms with Gasteiger partial charge in [0.1, 0.15) is 6.33 Å². The highest BCUT2D eigenvalue weighted by Crippen LogP contribution is 2.25. The molecule has 1 aliphatic rings. The van der Waals surface area contributed by atoms with E-state index in [1.54, 1.807) is 24.7 Å². The van der Waals surface area contributed by atoms with Gasteiger partial charge in [-0.25, -0.2) is 19.9 Å². The van der Waals surface area contributed by atoms with E-state index in [0.717, 1.165) is 54.0 Å². The number of hydrogen-bond donors (Lipinski definition) is 3. The van der Waals surface area contributed by atoms with E-state index in [2.05, 4.69) is 56.7 Å². The summed E-state index contributed by atoms with van der Waals surface area (Å²) in [5, 5.41) is 9.63. The fourth-order valence-corrected chi connectivity index (χ4v) is 4.60. The summed E-state index contributed by atoms with van der Waals surface area (Å²) in [5.41, 5.74) is 5.74. The normalized spacial score (nSPS) is 13.8. The zero-order valence-corrected chi connectivity index (χ0v) is 22.0. The Labute approximate surface area is 223 Å².